The number of piperidine rings is 1. The van der Waals surface area contributed by atoms with E-state index >= 15 is 0 Å². The van der Waals surface area contributed by atoms with Crippen molar-refractivity contribution in [2.45, 2.75) is 63.8 Å². The summed E-state index contributed by atoms with van der Waals surface area (Å²) in [7, 11) is 0. The van der Waals surface area contributed by atoms with Crippen LogP contribution in [0.2, 0.25) is 4.34 Å². The van der Waals surface area contributed by atoms with Crippen LogP contribution in [0.5, 0.6) is 0 Å². The zero-order chi connectivity index (χ0) is 18.6. The van der Waals surface area contributed by atoms with Crippen LogP contribution >= 0.6 is 22.9 Å². The lowest BCUT2D eigenvalue weighted by molar-refractivity contribution is -0.131. The number of carbonyl (C=O) groups is 3. The average molecular weight is 397 g/mol. The maximum absolute atomic E-state index is 12.7. The van der Waals surface area contributed by atoms with Crippen molar-refractivity contribution in [2.75, 3.05) is 6.54 Å². The van der Waals surface area contributed by atoms with E-state index in [9.17, 15) is 14.4 Å². The van der Waals surface area contributed by atoms with Gasteiger partial charge in [-0.3, -0.25) is 14.4 Å². The van der Waals surface area contributed by atoms with Crippen molar-refractivity contribution in [1.82, 2.24) is 10.6 Å². The topological polar surface area (TPSA) is 75.3 Å². The fraction of sp³-hybridized carbons (Fsp3) is 0.632. The van der Waals surface area contributed by atoms with Gasteiger partial charge in [-0.05, 0) is 43.2 Å². The number of hydrogen-bond acceptors (Lipinski definition) is 4. The van der Waals surface area contributed by atoms with Gasteiger partial charge in [0.1, 0.15) is 6.04 Å². The van der Waals surface area contributed by atoms with Gasteiger partial charge in [-0.25, -0.2) is 0 Å². The second-order valence-corrected chi connectivity index (χ2v) is 9.21. The molecule has 1 atom stereocenters. The van der Waals surface area contributed by atoms with Crippen LogP contribution in [0.1, 0.15) is 67.5 Å². The molecule has 0 unspecified atom stereocenters. The summed E-state index contributed by atoms with van der Waals surface area (Å²) < 4.78 is 0.604. The molecule has 0 radical (unpaired) electrons. The van der Waals surface area contributed by atoms with E-state index in [1.165, 1.54) is 11.3 Å². The number of carbonyl (C=O) groups excluding carboxylic acids is 3. The largest absolute Gasteiger partial charge is 0.354 e. The third-order valence-electron chi connectivity index (χ3n) is 5.45. The lowest BCUT2D eigenvalue weighted by Gasteiger charge is -2.37. The van der Waals surface area contributed by atoms with E-state index in [0.29, 0.717) is 35.0 Å². The molecule has 3 rings (SSSR count). The molecule has 1 aromatic heterocycles. The predicted molar refractivity (Wildman–Crippen MR) is 103 cm³/mol. The molecule has 0 aromatic carbocycles. The van der Waals surface area contributed by atoms with Gasteiger partial charge in [-0.15, -0.1) is 11.3 Å². The molecule has 7 heteroatoms. The molecule has 142 valence electrons. The molecule has 1 aromatic rings. The Labute approximate surface area is 162 Å². The van der Waals surface area contributed by atoms with E-state index in [-0.39, 0.29) is 23.0 Å². The summed E-state index contributed by atoms with van der Waals surface area (Å²) in [6, 6.07) is 3.06. The van der Waals surface area contributed by atoms with E-state index in [1.54, 1.807) is 12.1 Å². The minimum Gasteiger partial charge on any atom is -0.354 e. The molecule has 1 aliphatic carbocycles. The van der Waals surface area contributed by atoms with Gasteiger partial charge in [0.15, 0.2) is 5.78 Å². The first kappa shape index (κ1) is 19.4. The first-order chi connectivity index (χ1) is 12.5. The van der Waals surface area contributed by atoms with Crippen LogP contribution in [0, 0.1) is 5.41 Å². The molecule has 0 spiro atoms. The van der Waals surface area contributed by atoms with Crippen LogP contribution < -0.4 is 10.6 Å². The predicted octanol–water partition coefficient (Wildman–Crippen LogP) is 3.71. The smallest absolute Gasteiger partial charge is 0.242 e. The lowest BCUT2D eigenvalue weighted by atomic mass is 9.68. The van der Waals surface area contributed by atoms with Crippen LogP contribution in [-0.2, 0) is 9.59 Å². The highest BCUT2D eigenvalue weighted by atomic mass is 35.5. The number of halogens is 1. The fourth-order valence-electron chi connectivity index (χ4n) is 4.11. The minimum absolute atomic E-state index is 0.0620. The lowest BCUT2D eigenvalue weighted by Crippen LogP contribution is -2.51. The summed E-state index contributed by atoms with van der Waals surface area (Å²) in [6.45, 7) is 0.674. The molecule has 2 heterocycles. The number of amides is 2. The molecular formula is C19H25ClN2O3S. The zero-order valence-electron chi connectivity index (χ0n) is 14.8. The van der Waals surface area contributed by atoms with Crippen molar-refractivity contribution in [2.24, 2.45) is 5.41 Å². The van der Waals surface area contributed by atoms with Crippen molar-refractivity contribution in [1.29, 1.82) is 0 Å². The summed E-state index contributed by atoms with van der Waals surface area (Å²) in [4.78, 5) is 37.9. The zero-order valence-corrected chi connectivity index (χ0v) is 16.4. The van der Waals surface area contributed by atoms with Crippen LogP contribution in [0.4, 0.5) is 0 Å². The van der Waals surface area contributed by atoms with E-state index < -0.39 is 6.04 Å². The molecule has 5 nitrogen and oxygen atoms in total. The molecule has 2 fully saturated rings. The van der Waals surface area contributed by atoms with Crippen molar-refractivity contribution in [3.8, 4) is 0 Å². The number of thiophene rings is 1. The highest BCUT2D eigenvalue weighted by molar-refractivity contribution is 7.18. The summed E-state index contributed by atoms with van der Waals surface area (Å²) in [5.74, 6) is -0.162. The second kappa shape index (κ2) is 8.53. The van der Waals surface area contributed by atoms with Gasteiger partial charge in [0.25, 0.3) is 0 Å². The third kappa shape index (κ3) is 4.86. The van der Waals surface area contributed by atoms with Crippen molar-refractivity contribution in [3.05, 3.63) is 21.3 Å². The fourth-order valence-corrected chi connectivity index (χ4v) is 5.09. The van der Waals surface area contributed by atoms with Crippen molar-refractivity contribution < 1.29 is 14.4 Å². The number of rotatable bonds is 6. The van der Waals surface area contributed by atoms with Gasteiger partial charge in [-0.2, -0.15) is 0 Å². The minimum atomic E-state index is -0.441. The molecule has 2 aliphatic rings. The summed E-state index contributed by atoms with van der Waals surface area (Å²) >= 11 is 7.25. The number of Topliss-reactive ketones (excluding diaryl/α,β-unsaturated/α-hetero) is 1. The first-order valence-electron chi connectivity index (χ1n) is 9.33. The Balaban J connectivity index is 1.65. The van der Waals surface area contributed by atoms with Gasteiger partial charge in [0.2, 0.25) is 11.8 Å². The molecule has 2 amide bonds. The molecule has 1 saturated carbocycles. The Morgan fingerprint density at radius 2 is 1.96 bits per heavy atom. The average Bonchev–Trinajstić information content (AvgIpc) is 3.04. The maximum atomic E-state index is 12.7. The van der Waals surface area contributed by atoms with Crippen LogP contribution in [-0.4, -0.2) is 30.2 Å². The monoisotopic (exact) mass is 396 g/mol. The number of nitrogens with one attached hydrogen (secondary N) is 2. The molecule has 26 heavy (non-hydrogen) atoms. The Bertz CT molecular complexity index is 682. The Morgan fingerprint density at radius 1 is 1.19 bits per heavy atom. The standard InChI is InChI=1S/C19H25ClN2O3S/c20-16-7-6-15(26-16)14(23)11-19(8-2-1-3-9-19)12-17(24)22-13-5-4-10-21-18(13)25/h6-7,13H,1-5,8-12H2,(H,21,25)(H,22,24)/t13-/m0/s1. The molecule has 1 aliphatic heterocycles. The van der Waals surface area contributed by atoms with Gasteiger partial charge in [0.05, 0.1) is 9.21 Å². The summed E-state index contributed by atoms with van der Waals surface area (Å²) in [6.07, 6.45) is 7.20. The van der Waals surface area contributed by atoms with E-state index in [2.05, 4.69) is 10.6 Å². The van der Waals surface area contributed by atoms with Crippen LogP contribution in [0.25, 0.3) is 0 Å². The third-order valence-corrected chi connectivity index (χ3v) is 6.73. The Morgan fingerprint density at radius 3 is 2.62 bits per heavy atom. The number of hydrogen-bond donors (Lipinski definition) is 2. The Hall–Kier alpha value is -1.40. The summed E-state index contributed by atoms with van der Waals surface area (Å²) in [5, 5.41) is 5.66. The number of ketones is 1. The first-order valence-corrected chi connectivity index (χ1v) is 10.5. The normalized spacial score (nSPS) is 22.5. The van der Waals surface area contributed by atoms with Gasteiger partial charge >= 0.3 is 0 Å². The molecular weight excluding hydrogens is 372 g/mol. The van der Waals surface area contributed by atoms with E-state index in [4.69, 9.17) is 11.6 Å². The Kier molecular flexibility index (Phi) is 6.35. The van der Waals surface area contributed by atoms with E-state index in [0.717, 1.165) is 38.5 Å². The quantitative estimate of drug-likeness (QED) is 0.719. The van der Waals surface area contributed by atoms with Crippen molar-refractivity contribution in [3.63, 3.8) is 0 Å². The van der Waals surface area contributed by atoms with E-state index in [1.807, 2.05) is 0 Å². The molecule has 0 bridgehead atoms. The van der Waals surface area contributed by atoms with Gasteiger partial charge < -0.3 is 10.6 Å². The summed E-state index contributed by atoms with van der Waals surface area (Å²) in [5.41, 5.74) is -0.305. The molecule has 1 saturated heterocycles. The highest BCUT2D eigenvalue weighted by Gasteiger charge is 2.37. The van der Waals surface area contributed by atoms with Crippen LogP contribution in [0.3, 0.4) is 0 Å². The van der Waals surface area contributed by atoms with Crippen LogP contribution in [0.15, 0.2) is 12.1 Å². The highest BCUT2D eigenvalue weighted by Crippen LogP contribution is 2.43. The van der Waals surface area contributed by atoms with Gasteiger partial charge in [0, 0.05) is 19.4 Å². The van der Waals surface area contributed by atoms with Crippen molar-refractivity contribution >= 4 is 40.5 Å². The second-order valence-electron chi connectivity index (χ2n) is 7.49. The van der Waals surface area contributed by atoms with Gasteiger partial charge in [-0.1, -0.05) is 30.9 Å². The molecule has 2 N–H and O–H groups in total. The SMILES string of the molecule is O=C(CC1(CC(=O)c2ccc(Cl)s2)CCCCC1)N[C@H]1CCCNC1=O. The maximum Gasteiger partial charge on any atom is 0.242 e.